The van der Waals surface area contributed by atoms with E-state index in [1.165, 1.54) is 6.07 Å². The summed E-state index contributed by atoms with van der Waals surface area (Å²) in [5.74, 6) is -0.287. The molecular weight excluding hydrogens is 309 g/mol. The molecule has 0 unspecified atom stereocenters. The molecule has 0 spiro atoms. The van der Waals surface area contributed by atoms with Crippen LogP contribution in [0, 0.1) is 5.82 Å². The molecule has 24 heavy (non-hydrogen) atoms. The number of nitrogens with zero attached hydrogens (tertiary/aromatic N) is 4. The minimum Gasteiger partial charge on any atom is -0.299 e. The second kappa shape index (κ2) is 6.16. The lowest BCUT2D eigenvalue weighted by Gasteiger charge is -2.31. The maximum absolute atomic E-state index is 13.7. The summed E-state index contributed by atoms with van der Waals surface area (Å²) in [5, 5.41) is 7.06. The van der Waals surface area contributed by atoms with Gasteiger partial charge in [0.05, 0.1) is 0 Å². The van der Waals surface area contributed by atoms with Gasteiger partial charge in [0, 0.05) is 37.3 Å². The fourth-order valence-corrected chi connectivity index (χ4v) is 3.39. The topological polar surface area (TPSA) is 66.8 Å². The van der Waals surface area contributed by atoms with Crippen LogP contribution in [-0.2, 0) is 6.54 Å². The number of likely N-dealkylation sites (tertiary alicyclic amines) is 1. The van der Waals surface area contributed by atoms with Crippen molar-refractivity contribution >= 4 is 10.9 Å². The first-order valence-corrected chi connectivity index (χ1v) is 8.08. The fourth-order valence-electron chi connectivity index (χ4n) is 3.39. The molecular formula is C17H18FN5O. The van der Waals surface area contributed by atoms with E-state index in [4.69, 9.17) is 0 Å². The van der Waals surface area contributed by atoms with Crippen molar-refractivity contribution in [2.24, 2.45) is 0 Å². The molecule has 1 saturated heterocycles. The molecule has 0 atom stereocenters. The van der Waals surface area contributed by atoms with E-state index in [2.05, 4.69) is 20.1 Å². The second-order valence-electron chi connectivity index (χ2n) is 6.23. The highest BCUT2D eigenvalue weighted by molar-refractivity contribution is 5.79. The number of nitrogens with one attached hydrogen (secondary N) is 1. The zero-order valence-electron chi connectivity index (χ0n) is 13.2. The first-order valence-electron chi connectivity index (χ1n) is 8.08. The van der Waals surface area contributed by atoms with Gasteiger partial charge in [0.15, 0.2) is 0 Å². The number of halogens is 1. The van der Waals surface area contributed by atoms with Crippen LogP contribution in [0.5, 0.6) is 0 Å². The second-order valence-corrected chi connectivity index (χ2v) is 6.23. The highest BCUT2D eigenvalue weighted by Gasteiger charge is 2.22. The Kier molecular flexibility index (Phi) is 3.86. The maximum atomic E-state index is 13.7. The van der Waals surface area contributed by atoms with Gasteiger partial charge < -0.3 is 0 Å². The standard InChI is InChI=1S/C17H18FN5O/c18-15-3-1-2-13-8-12(9-19-16(13)15)10-22-6-4-14(5-7-22)23-11-20-21-17(23)24/h1-3,8-9,11,14H,4-7,10H2,(H,21,24). The Morgan fingerprint density at radius 2 is 2.12 bits per heavy atom. The van der Waals surface area contributed by atoms with Gasteiger partial charge in [0.25, 0.3) is 0 Å². The van der Waals surface area contributed by atoms with Crippen LogP contribution >= 0.6 is 0 Å². The monoisotopic (exact) mass is 327 g/mol. The molecule has 0 bridgehead atoms. The van der Waals surface area contributed by atoms with Crippen molar-refractivity contribution in [3.63, 3.8) is 0 Å². The summed E-state index contributed by atoms with van der Waals surface area (Å²) in [6, 6.07) is 7.22. The van der Waals surface area contributed by atoms with E-state index >= 15 is 0 Å². The van der Waals surface area contributed by atoms with Crippen molar-refractivity contribution in [1.29, 1.82) is 0 Å². The zero-order valence-corrected chi connectivity index (χ0v) is 13.2. The number of H-pyrrole nitrogens is 1. The van der Waals surface area contributed by atoms with Crippen LogP contribution in [0.4, 0.5) is 4.39 Å². The third kappa shape index (κ3) is 2.82. The van der Waals surface area contributed by atoms with Crippen molar-refractivity contribution in [1.82, 2.24) is 24.6 Å². The Labute approximate surface area is 137 Å². The number of aromatic nitrogens is 4. The van der Waals surface area contributed by atoms with Crippen molar-refractivity contribution in [2.45, 2.75) is 25.4 Å². The van der Waals surface area contributed by atoms with Gasteiger partial charge in [0.1, 0.15) is 17.7 Å². The first kappa shape index (κ1) is 15.0. The Morgan fingerprint density at radius 3 is 2.88 bits per heavy atom. The van der Waals surface area contributed by atoms with Crippen molar-refractivity contribution in [2.75, 3.05) is 13.1 Å². The SMILES string of the molecule is O=c1[nH]ncn1C1CCN(Cc2cnc3c(F)cccc3c2)CC1. The molecule has 0 radical (unpaired) electrons. The lowest BCUT2D eigenvalue weighted by Crippen LogP contribution is -2.36. The predicted molar refractivity (Wildman–Crippen MR) is 88.1 cm³/mol. The summed E-state index contributed by atoms with van der Waals surface area (Å²) in [7, 11) is 0. The van der Waals surface area contributed by atoms with Crippen LogP contribution < -0.4 is 5.69 Å². The van der Waals surface area contributed by atoms with Gasteiger partial charge >= 0.3 is 5.69 Å². The van der Waals surface area contributed by atoms with E-state index in [0.717, 1.165) is 43.4 Å². The van der Waals surface area contributed by atoms with E-state index < -0.39 is 0 Å². The van der Waals surface area contributed by atoms with Crippen LogP contribution in [-0.4, -0.2) is 37.7 Å². The molecule has 3 heterocycles. The number of fused-ring (bicyclic) bond motifs is 1. The van der Waals surface area contributed by atoms with Crippen LogP contribution in [0.25, 0.3) is 10.9 Å². The van der Waals surface area contributed by atoms with Crippen LogP contribution in [0.3, 0.4) is 0 Å². The Morgan fingerprint density at radius 1 is 1.29 bits per heavy atom. The number of hydrogen-bond donors (Lipinski definition) is 1. The molecule has 0 aliphatic carbocycles. The number of hydrogen-bond acceptors (Lipinski definition) is 4. The van der Waals surface area contributed by atoms with Crippen LogP contribution in [0.2, 0.25) is 0 Å². The lowest BCUT2D eigenvalue weighted by molar-refractivity contribution is 0.178. The normalized spacial score (nSPS) is 16.7. The van der Waals surface area contributed by atoms with E-state index in [1.807, 2.05) is 12.1 Å². The number of rotatable bonds is 3. The van der Waals surface area contributed by atoms with Gasteiger partial charge in [-0.2, -0.15) is 5.10 Å². The van der Waals surface area contributed by atoms with Gasteiger partial charge in [-0.05, 0) is 30.5 Å². The van der Waals surface area contributed by atoms with Crippen molar-refractivity contribution < 1.29 is 4.39 Å². The van der Waals surface area contributed by atoms with Gasteiger partial charge in [0.2, 0.25) is 0 Å². The molecule has 6 nitrogen and oxygen atoms in total. The van der Waals surface area contributed by atoms with Gasteiger partial charge in [-0.25, -0.2) is 14.3 Å². The van der Waals surface area contributed by atoms with Gasteiger partial charge in [-0.3, -0.25) is 14.5 Å². The average Bonchev–Trinajstić information content (AvgIpc) is 3.02. The highest BCUT2D eigenvalue weighted by atomic mass is 19.1. The molecule has 7 heteroatoms. The minimum atomic E-state index is -0.287. The quantitative estimate of drug-likeness (QED) is 0.800. The molecule has 124 valence electrons. The van der Waals surface area contributed by atoms with E-state index in [1.54, 1.807) is 23.2 Å². The molecule has 1 aromatic carbocycles. The molecule has 3 aromatic rings. The molecule has 2 aromatic heterocycles. The maximum Gasteiger partial charge on any atom is 0.343 e. The van der Waals surface area contributed by atoms with Crippen molar-refractivity contribution in [3.8, 4) is 0 Å². The lowest BCUT2D eigenvalue weighted by atomic mass is 10.0. The summed E-state index contributed by atoms with van der Waals surface area (Å²) >= 11 is 0. The Balaban J connectivity index is 1.44. The molecule has 1 N–H and O–H groups in total. The molecule has 1 aliphatic rings. The number of benzene rings is 1. The smallest absolute Gasteiger partial charge is 0.299 e. The van der Waals surface area contributed by atoms with Gasteiger partial charge in [-0.15, -0.1) is 0 Å². The minimum absolute atomic E-state index is 0.144. The molecule has 0 amide bonds. The fraction of sp³-hybridized carbons (Fsp3) is 0.353. The Hall–Kier alpha value is -2.54. The molecule has 1 aliphatic heterocycles. The number of para-hydroxylation sites is 1. The van der Waals surface area contributed by atoms with Crippen molar-refractivity contribution in [3.05, 3.63) is 58.7 Å². The largest absolute Gasteiger partial charge is 0.343 e. The van der Waals surface area contributed by atoms with Crippen LogP contribution in [0.15, 0.2) is 41.6 Å². The van der Waals surface area contributed by atoms with E-state index in [9.17, 15) is 9.18 Å². The molecule has 4 rings (SSSR count). The first-order chi connectivity index (χ1) is 11.7. The third-order valence-electron chi connectivity index (χ3n) is 4.65. The average molecular weight is 327 g/mol. The molecule has 0 saturated carbocycles. The van der Waals surface area contributed by atoms with Crippen LogP contribution in [0.1, 0.15) is 24.4 Å². The Bertz CT molecular complexity index is 910. The number of aromatic amines is 1. The number of pyridine rings is 1. The highest BCUT2D eigenvalue weighted by Crippen LogP contribution is 2.23. The van der Waals surface area contributed by atoms with E-state index in [0.29, 0.717) is 5.52 Å². The zero-order chi connectivity index (χ0) is 16.5. The predicted octanol–water partition coefficient (Wildman–Crippen LogP) is 2.10. The third-order valence-corrected chi connectivity index (χ3v) is 4.65. The molecule has 1 fully saturated rings. The summed E-state index contributed by atoms with van der Waals surface area (Å²) < 4.78 is 15.4. The summed E-state index contributed by atoms with van der Waals surface area (Å²) in [6.07, 6.45) is 5.15. The summed E-state index contributed by atoms with van der Waals surface area (Å²) in [6.45, 7) is 2.60. The summed E-state index contributed by atoms with van der Waals surface area (Å²) in [5.41, 5.74) is 1.35. The number of piperidine rings is 1. The van der Waals surface area contributed by atoms with Gasteiger partial charge in [-0.1, -0.05) is 12.1 Å². The summed E-state index contributed by atoms with van der Waals surface area (Å²) in [4.78, 5) is 18.2. The van der Waals surface area contributed by atoms with E-state index in [-0.39, 0.29) is 17.5 Å².